The molecule has 5 nitrogen and oxygen atoms in total. The second-order valence-corrected chi connectivity index (χ2v) is 8.88. The molecule has 3 aromatic rings. The van der Waals surface area contributed by atoms with Crippen molar-refractivity contribution in [2.75, 3.05) is 5.32 Å². The Morgan fingerprint density at radius 1 is 0.964 bits per heavy atom. The van der Waals surface area contributed by atoms with E-state index in [1.807, 2.05) is 26.8 Å². The summed E-state index contributed by atoms with van der Waals surface area (Å²) in [5.41, 5.74) is 3.58. The van der Waals surface area contributed by atoms with E-state index in [0.29, 0.717) is 10.7 Å². The first-order valence-corrected chi connectivity index (χ1v) is 10.4. The van der Waals surface area contributed by atoms with E-state index < -0.39 is 15.7 Å². The zero-order chi connectivity index (χ0) is 20.5. The second kappa shape index (κ2) is 7.73. The van der Waals surface area contributed by atoms with Crippen LogP contribution in [0.3, 0.4) is 0 Å². The highest BCUT2D eigenvalue weighted by Gasteiger charge is 2.20. The average Bonchev–Trinajstić information content (AvgIpc) is 2.66. The van der Waals surface area contributed by atoms with Gasteiger partial charge in [-0.2, -0.15) is 0 Å². The molecule has 144 valence electrons. The van der Waals surface area contributed by atoms with Gasteiger partial charge in [0.2, 0.25) is 9.84 Å². The summed E-state index contributed by atoms with van der Waals surface area (Å²) in [5, 5.41) is 3.01. The average molecular weight is 415 g/mol. The highest BCUT2D eigenvalue weighted by molar-refractivity contribution is 7.91. The fourth-order valence-corrected chi connectivity index (χ4v) is 4.13. The number of nitrogens with zero attached hydrogens (tertiary/aromatic N) is 1. The molecule has 0 bridgehead atoms. The highest BCUT2D eigenvalue weighted by Crippen LogP contribution is 2.24. The molecule has 1 heterocycles. The number of benzene rings is 2. The van der Waals surface area contributed by atoms with Crippen molar-refractivity contribution in [2.24, 2.45) is 0 Å². The predicted molar refractivity (Wildman–Crippen MR) is 110 cm³/mol. The van der Waals surface area contributed by atoms with Gasteiger partial charge in [-0.3, -0.25) is 4.79 Å². The van der Waals surface area contributed by atoms with Crippen LogP contribution in [0.2, 0.25) is 5.02 Å². The number of hydrogen-bond acceptors (Lipinski definition) is 4. The number of sulfone groups is 1. The maximum absolute atomic E-state index is 12.8. The summed E-state index contributed by atoms with van der Waals surface area (Å²) >= 11 is 6.13. The van der Waals surface area contributed by atoms with E-state index in [1.54, 1.807) is 30.3 Å². The molecule has 1 aromatic heterocycles. The van der Waals surface area contributed by atoms with Crippen LogP contribution >= 0.6 is 11.6 Å². The van der Waals surface area contributed by atoms with Crippen molar-refractivity contribution >= 4 is 33.0 Å². The lowest BCUT2D eigenvalue weighted by molar-refractivity contribution is 0.102. The van der Waals surface area contributed by atoms with E-state index >= 15 is 0 Å². The van der Waals surface area contributed by atoms with Crippen LogP contribution in [-0.2, 0) is 9.84 Å². The normalized spacial score (nSPS) is 11.3. The highest BCUT2D eigenvalue weighted by atomic mass is 35.5. The maximum atomic E-state index is 12.8. The molecule has 0 saturated heterocycles. The number of hydrogen-bond donors (Lipinski definition) is 1. The molecule has 28 heavy (non-hydrogen) atoms. The van der Waals surface area contributed by atoms with Gasteiger partial charge in [0.1, 0.15) is 0 Å². The van der Waals surface area contributed by atoms with E-state index in [2.05, 4.69) is 10.3 Å². The van der Waals surface area contributed by atoms with Crippen LogP contribution in [0.4, 0.5) is 5.69 Å². The summed E-state index contributed by atoms with van der Waals surface area (Å²) in [6.45, 7) is 5.67. The van der Waals surface area contributed by atoms with Crippen molar-refractivity contribution in [3.63, 3.8) is 0 Å². The fraction of sp³-hybridized carbons (Fsp3) is 0.143. The van der Waals surface area contributed by atoms with E-state index in [-0.39, 0.29) is 15.5 Å². The molecular weight excluding hydrogens is 396 g/mol. The zero-order valence-corrected chi connectivity index (χ0v) is 17.2. The minimum absolute atomic E-state index is 0.110. The van der Waals surface area contributed by atoms with Crippen LogP contribution in [0.5, 0.6) is 0 Å². The summed E-state index contributed by atoms with van der Waals surface area (Å²) in [6.07, 6.45) is 1.24. The van der Waals surface area contributed by atoms with Crippen molar-refractivity contribution in [3.05, 3.63) is 82.0 Å². The molecule has 7 heteroatoms. The summed E-state index contributed by atoms with van der Waals surface area (Å²) in [6, 6.07) is 13.0. The molecule has 2 aromatic carbocycles. The van der Waals surface area contributed by atoms with Crippen molar-refractivity contribution in [2.45, 2.75) is 30.7 Å². The van der Waals surface area contributed by atoms with Crippen LogP contribution < -0.4 is 5.32 Å². The number of aryl methyl sites for hydroxylation is 3. The Morgan fingerprint density at radius 2 is 1.71 bits per heavy atom. The third kappa shape index (κ3) is 4.08. The van der Waals surface area contributed by atoms with Gasteiger partial charge in [-0.05, 0) is 73.9 Å². The first-order chi connectivity index (χ1) is 13.2. The Balaban J connectivity index is 1.84. The molecule has 0 atom stereocenters. The molecule has 0 spiro atoms. The summed E-state index contributed by atoms with van der Waals surface area (Å²) < 4.78 is 25.5. The first kappa shape index (κ1) is 20.0. The Kier molecular flexibility index (Phi) is 5.54. The number of carbonyl (C=O) groups excluding carboxylic acids is 1. The van der Waals surface area contributed by atoms with Gasteiger partial charge in [0.05, 0.1) is 21.2 Å². The van der Waals surface area contributed by atoms with Gasteiger partial charge in [-0.25, -0.2) is 13.4 Å². The molecule has 0 aliphatic carbocycles. The van der Waals surface area contributed by atoms with Gasteiger partial charge in [0.15, 0.2) is 5.03 Å². The Labute approximate surface area is 169 Å². The van der Waals surface area contributed by atoms with E-state index in [0.717, 1.165) is 16.7 Å². The summed E-state index contributed by atoms with van der Waals surface area (Å²) in [7, 11) is -3.75. The number of carbonyl (C=O) groups is 1. The smallest absolute Gasteiger partial charge is 0.257 e. The lowest BCUT2D eigenvalue weighted by atomic mass is 10.1. The number of nitrogens with one attached hydrogen (secondary N) is 1. The van der Waals surface area contributed by atoms with Gasteiger partial charge in [0.25, 0.3) is 5.91 Å². The van der Waals surface area contributed by atoms with E-state index in [1.165, 1.54) is 18.3 Å². The molecule has 1 N–H and O–H groups in total. The number of anilines is 1. The van der Waals surface area contributed by atoms with Gasteiger partial charge in [-0.1, -0.05) is 23.7 Å². The third-order valence-electron chi connectivity index (χ3n) is 4.44. The topological polar surface area (TPSA) is 76.1 Å². The van der Waals surface area contributed by atoms with Gasteiger partial charge < -0.3 is 5.32 Å². The molecule has 0 fully saturated rings. The maximum Gasteiger partial charge on any atom is 0.257 e. The number of amides is 1. The van der Waals surface area contributed by atoms with Crippen LogP contribution in [0.15, 0.2) is 64.6 Å². The summed E-state index contributed by atoms with van der Waals surface area (Å²) in [4.78, 5) is 16.6. The number of aromatic nitrogens is 1. The lowest BCUT2D eigenvalue weighted by Crippen LogP contribution is -2.13. The van der Waals surface area contributed by atoms with E-state index in [4.69, 9.17) is 11.6 Å². The Morgan fingerprint density at radius 3 is 2.32 bits per heavy atom. The second-order valence-electron chi connectivity index (χ2n) is 6.57. The van der Waals surface area contributed by atoms with Gasteiger partial charge >= 0.3 is 0 Å². The number of halogens is 1. The first-order valence-electron chi connectivity index (χ1n) is 8.54. The minimum Gasteiger partial charge on any atom is -0.321 e. The number of pyridine rings is 1. The van der Waals surface area contributed by atoms with Crippen LogP contribution in [0, 0.1) is 20.8 Å². The molecule has 0 saturated carbocycles. The standard InChI is InChI=1S/C21H19ClN2O3S/c1-13-4-8-19(18(22)10-13)24-21(25)16-6-9-20(23-12-16)28(26,27)17-7-5-14(2)15(3)11-17/h4-12H,1-3H3,(H,24,25). The SMILES string of the molecule is Cc1ccc(NC(=O)c2ccc(S(=O)(=O)c3ccc(C)c(C)c3)nc2)c(Cl)c1. The molecule has 0 unspecified atom stereocenters. The van der Waals surface area contributed by atoms with Crippen LogP contribution in [-0.4, -0.2) is 19.3 Å². The van der Waals surface area contributed by atoms with Crippen molar-refractivity contribution in [1.82, 2.24) is 4.98 Å². The molecule has 1 amide bonds. The van der Waals surface area contributed by atoms with Crippen molar-refractivity contribution in [1.29, 1.82) is 0 Å². The van der Waals surface area contributed by atoms with Crippen LogP contribution in [0.25, 0.3) is 0 Å². The van der Waals surface area contributed by atoms with Crippen molar-refractivity contribution in [3.8, 4) is 0 Å². The monoisotopic (exact) mass is 414 g/mol. The molecule has 3 rings (SSSR count). The Bertz CT molecular complexity index is 1160. The minimum atomic E-state index is -3.75. The largest absolute Gasteiger partial charge is 0.321 e. The van der Waals surface area contributed by atoms with Gasteiger partial charge in [-0.15, -0.1) is 0 Å². The Hall–Kier alpha value is -2.70. The van der Waals surface area contributed by atoms with Crippen LogP contribution in [0.1, 0.15) is 27.0 Å². The molecule has 0 radical (unpaired) electrons. The third-order valence-corrected chi connectivity index (χ3v) is 6.41. The fourth-order valence-electron chi connectivity index (χ4n) is 2.59. The molecule has 0 aliphatic rings. The van der Waals surface area contributed by atoms with Gasteiger partial charge in [0, 0.05) is 6.20 Å². The molecule has 0 aliphatic heterocycles. The summed E-state index contributed by atoms with van der Waals surface area (Å²) in [5.74, 6) is -0.423. The van der Waals surface area contributed by atoms with Crippen molar-refractivity contribution < 1.29 is 13.2 Å². The predicted octanol–water partition coefficient (Wildman–Crippen LogP) is 4.75. The molecular formula is C21H19ClN2O3S. The van der Waals surface area contributed by atoms with E-state index in [9.17, 15) is 13.2 Å². The zero-order valence-electron chi connectivity index (χ0n) is 15.7. The number of rotatable bonds is 4. The lowest BCUT2D eigenvalue weighted by Gasteiger charge is -2.09. The quantitative estimate of drug-likeness (QED) is 0.668.